The average Bonchev–Trinajstić information content (AvgIpc) is 3.46. The molecule has 0 bridgehead atoms. The van der Waals surface area contributed by atoms with Crippen molar-refractivity contribution in [3.63, 3.8) is 0 Å². The van der Waals surface area contributed by atoms with Gasteiger partial charge in [-0.15, -0.1) is 0 Å². The molecule has 1 N–H and O–H groups in total. The van der Waals surface area contributed by atoms with E-state index in [2.05, 4.69) is 67.1 Å². The summed E-state index contributed by atoms with van der Waals surface area (Å²) >= 11 is -1.94. The first-order chi connectivity index (χ1) is 17.5. The van der Waals surface area contributed by atoms with Crippen molar-refractivity contribution in [3.05, 3.63) is 71.7 Å². The Morgan fingerprint density at radius 1 is 1.11 bits per heavy atom. The molecule has 0 spiro atoms. The zero-order valence-electron chi connectivity index (χ0n) is 22.5. The maximum atomic E-state index is 11.0. The molecule has 2 aromatic carbocycles. The number of anilines is 2. The maximum Gasteiger partial charge on any atom is 0.0184 e. The summed E-state index contributed by atoms with van der Waals surface area (Å²) in [6.45, 7) is 14.2. The zero-order valence-corrected chi connectivity index (χ0v) is 25.7. The fourth-order valence-electron chi connectivity index (χ4n) is 4.85. The van der Waals surface area contributed by atoms with E-state index in [1.54, 1.807) is 10.7 Å². The van der Waals surface area contributed by atoms with Gasteiger partial charge < -0.3 is 9.80 Å². The van der Waals surface area contributed by atoms with Crippen LogP contribution in [0.2, 0.25) is 0 Å². The van der Waals surface area contributed by atoms with Gasteiger partial charge in [0.2, 0.25) is 0 Å². The molecule has 1 heterocycles. The number of ether oxygens (including phenoxy) is 1. The summed E-state index contributed by atoms with van der Waals surface area (Å²) < 4.78 is 7.47. The molecule has 2 aliphatic rings. The molecule has 0 radical (unpaired) electrons. The zero-order chi connectivity index (χ0) is 27.1. The summed E-state index contributed by atoms with van der Waals surface area (Å²) in [6, 6.07) is 10.7. The molecule has 1 saturated carbocycles. The quantitative estimate of drug-likeness (QED) is 0.253. The van der Waals surface area contributed by atoms with Crippen LogP contribution >= 0.6 is 19.4 Å². The van der Waals surface area contributed by atoms with Crippen molar-refractivity contribution in [1.29, 1.82) is 0 Å². The Morgan fingerprint density at radius 2 is 1.74 bits per heavy atom. The van der Waals surface area contributed by atoms with E-state index in [-0.39, 0.29) is 19.4 Å². The second-order valence-corrected chi connectivity index (χ2v) is 15.6. The Balaban J connectivity index is 0.000000261. The van der Waals surface area contributed by atoms with Crippen molar-refractivity contribution >= 4 is 41.3 Å². The van der Waals surface area contributed by atoms with Crippen molar-refractivity contribution in [2.75, 3.05) is 10.2 Å². The summed E-state index contributed by atoms with van der Waals surface area (Å²) in [5.74, 6) is 0.600. The van der Waals surface area contributed by atoms with Crippen molar-refractivity contribution in [3.8, 4) is 5.75 Å². The second-order valence-electron chi connectivity index (χ2n) is 9.86. The van der Waals surface area contributed by atoms with Gasteiger partial charge in [-0.1, -0.05) is 38.0 Å². The van der Waals surface area contributed by atoms with Gasteiger partial charge in [0.05, 0.1) is 0 Å². The molecule has 5 nitrogen and oxygen atoms in total. The van der Waals surface area contributed by atoms with Crippen LogP contribution in [-0.4, -0.2) is 27.6 Å². The molecule has 2 aromatic rings. The molecule has 0 saturated heterocycles. The first-order valence-electron chi connectivity index (χ1n) is 12.6. The second kappa shape index (κ2) is 15.1. The predicted octanol–water partition coefficient (Wildman–Crippen LogP) is 8.41. The van der Waals surface area contributed by atoms with E-state index >= 15 is 0 Å². The third-order valence-electron chi connectivity index (χ3n) is 6.18. The molecule has 38 heavy (non-hydrogen) atoms. The number of benzene rings is 2. The van der Waals surface area contributed by atoms with Gasteiger partial charge in [-0.3, -0.25) is 0 Å². The summed E-state index contributed by atoms with van der Waals surface area (Å²) in [5.41, 5.74) is 6.91. The van der Waals surface area contributed by atoms with Crippen LogP contribution in [0.5, 0.6) is 5.75 Å². The van der Waals surface area contributed by atoms with E-state index in [0.29, 0.717) is 11.7 Å². The van der Waals surface area contributed by atoms with Gasteiger partial charge in [-0.05, 0) is 57.1 Å². The summed E-state index contributed by atoms with van der Waals surface area (Å²) in [5, 5.41) is 2.71. The van der Waals surface area contributed by atoms with Gasteiger partial charge in [0.25, 0.3) is 0 Å². The molecular weight excluding hydrogens is 606 g/mol. The topological polar surface area (TPSA) is 44.8 Å². The average molecular weight is 649 g/mol. The monoisotopic (exact) mass is 648 g/mol. The molecule has 1 fully saturated rings. The van der Waals surface area contributed by atoms with E-state index in [9.17, 15) is 4.79 Å². The Labute approximate surface area is 242 Å². The number of halogens is 2. The molecule has 212 valence electrons. The minimum absolute atomic E-state index is 0. The minimum Gasteiger partial charge on any atom is -0.505 e. The Bertz CT molecular complexity index is 1130. The summed E-state index contributed by atoms with van der Waals surface area (Å²) in [4.78, 5) is 15.7. The number of amides is 1. The minimum atomic E-state index is -1.94. The number of rotatable bonds is 6. The molecule has 8 heteroatoms. The van der Waals surface area contributed by atoms with E-state index in [1.165, 1.54) is 55.0 Å². The van der Waals surface area contributed by atoms with Gasteiger partial charge in [0, 0.05) is 11.7 Å². The van der Waals surface area contributed by atoms with Crippen LogP contribution in [0.4, 0.5) is 11.4 Å². The summed E-state index contributed by atoms with van der Waals surface area (Å²) in [7, 11) is 11.8. The van der Waals surface area contributed by atoms with Gasteiger partial charge >= 0.3 is 120 Å². The smallest absolute Gasteiger partial charge is 0.0184 e. The number of nitrogens with zero attached hydrogens (tertiary/aromatic N) is 2. The Morgan fingerprint density at radius 3 is 2.29 bits per heavy atom. The molecule has 1 aliphatic heterocycles. The van der Waals surface area contributed by atoms with Gasteiger partial charge in [0.1, 0.15) is 0 Å². The fraction of sp³-hybridized carbons (Fsp3) is 0.433. The maximum absolute atomic E-state index is 11.0. The van der Waals surface area contributed by atoms with Crippen LogP contribution in [0, 0.1) is 27.4 Å². The van der Waals surface area contributed by atoms with Crippen molar-refractivity contribution in [1.82, 2.24) is 4.90 Å². The number of aryl methyl sites for hydroxylation is 3. The Kier molecular flexibility index (Phi) is 12.8. The van der Waals surface area contributed by atoms with Gasteiger partial charge in [-0.25, -0.2) is 0 Å². The van der Waals surface area contributed by atoms with Crippen LogP contribution < -0.4 is 15.0 Å². The Hall–Kier alpha value is -1.88. The number of hydrogen-bond donors (Lipinski definition) is 1. The van der Waals surface area contributed by atoms with E-state index in [0.717, 1.165) is 11.3 Å². The predicted molar refractivity (Wildman–Crippen MR) is 161 cm³/mol. The largest absolute Gasteiger partial charge is 0.505 e. The molecule has 4 rings (SSSR count). The molecular formula is C30H42Cl2N3O2Ru-. The molecule has 1 aliphatic carbocycles. The van der Waals surface area contributed by atoms with Gasteiger partial charge in [0.15, 0.2) is 0 Å². The van der Waals surface area contributed by atoms with Gasteiger partial charge in [-0.2, -0.15) is 6.67 Å². The number of carbonyl (C=O) groups is 1. The standard InChI is InChI=1S/C17H23N2.C12H15NO2.CH4.2ClH.Ru/c1-13-10-14(2)17(15(3)11-13)19-9-8-18(12-19)16-6-4-5-7-16;1-8(2)15-12-6-5-11(7-9(12)3)13-10(4)14;;;;/h8-12,16H,4-7H2,1-3H3;3,5-8H,1-2,4H3,(H,13,14);1H4;2*1H;/q-1;;;;;+2/p-2. The molecule has 0 aromatic heterocycles. The van der Waals surface area contributed by atoms with E-state index in [1.807, 2.05) is 26.0 Å². The number of hydrogen-bond acceptors (Lipinski definition) is 4. The SMILES string of the molecule is C.CC(=O)Nc1ccc(OC(C)C)c([CH]=[Ru]([Cl])[Cl])c1.Cc1cc(C)c(N2C=CN(C3CCCC3)[CH-]2)c(C)c1. The van der Waals surface area contributed by atoms with Crippen LogP contribution in [0.3, 0.4) is 0 Å². The third kappa shape index (κ3) is 9.40. The van der Waals surface area contributed by atoms with Crippen molar-refractivity contribution in [2.24, 2.45) is 0 Å². The van der Waals surface area contributed by atoms with Crippen molar-refractivity contribution in [2.45, 2.75) is 86.8 Å². The van der Waals surface area contributed by atoms with Crippen LogP contribution in [0.25, 0.3) is 0 Å². The molecule has 0 unspecified atom stereocenters. The normalized spacial score (nSPS) is 15.1. The fourth-order valence-corrected chi connectivity index (χ4v) is 6.64. The number of nitrogens with one attached hydrogen (secondary N) is 1. The van der Waals surface area contributed by atoms with E-state index < -0.39 is 13.5 Å². The molecule has 1 amide bonds. The number of carbonyl (C=O) groups excluding carboxylic acids is 1. The first-order valence-corrected chi connectivity index (χ1v) is 18.1. The van der Waals surface area contributed by atoms with E-state index in [4.69, 9.17) is 24.1 Å². The summed E-state index contributed by atoms with van der Waals surface area (Å²) in [6.07, 6.45) is 9.92. The van der Waals surface area contributed by atoms with Crippen molar-refractivity contribution < 1.29 is 23.0 Å². The van der Waals surface area contributed by atoms with Crippen LogP contribution in [-0.2, 0) is 18.3 Å². The third-order valence-corrected chi connectivity index (χ3v) is 8.01. The first kappa shape index (κ1) is 32.3. The van der Waals surface area contributed by atoms with Crippen LogP contribution in [0.15, 0.2) is 42.7 Å². The molecule has 0 atom stereocenters. The van der Waals surface area contributed by atoms with Crippen LogP contribution in [0.1, 0.15) is 76.1 Å².